The molecule has 2 unspecified atom stereocenters. The fourth-order valence-corrected chi connectivity index (χ4v) is 2.48. The number of pyridine rings is 1. The van der Waals surface area contributed by atoms with Gasteiger partial charge in [-0.2, -0.15) is 0 Å². The molecular weight excluding hydrogens is 228 g/mol. The van der Waals surface area contributed by atoms with E-state index in [1.54, 1.807) is 18.3 Å². The molecule has 1 amide bonds. The molecule has 1 heterocycles. The Bertz CT molecular complexity index is 421. The first-order valence-electron chi connectivity index (χ1n) is 6.41. The lowest BCUT2D eigenvalue weighted by molar-refractivity contribution is 0.0939. The number of anilines is 1. The van der Waals surface area contributed by atoms with Crippen molar-refractivity contribution in [2.24, 2.45) is 17.7 Å². The van der Waals surface area contributed by atoms with Crippen molar-refractivity contribution in [3.05, 3.63) is 24.0 Å². The number of hydrazine groups is 1. The molecule has 1 aromatic rings. The van der Waals surface area contributed by atoms with Crippen LogP contribution in [0.3, 0.4) is 0 Å². The molecular formula is C13H20N4O. The van der Waals surface area contributed by atoms with Gasteiger partial charge in [0.15, 0.2) is 0 Å². The van der Waals surface area contributed by atoms with Crippen molar-refractivity contribution >= 4 is 11.6 Å². The number of rotatable bonds is 4. The van der Waals surface area contributed by atoms with Crippen LogP contribution in [0.5, 0.6) is 0 Å². The zero-order chi connectivity index (χ0) is 13.0. The predicted octanol–water partition coefficient (Wildman–Crippen LogP) is 1.53. The number of amides is 1. The molecule has 1 aliphatic rings. The molecule has 2 atom stereocenters. The summed E-state index contributed by atoms with van der Waals surface area (Å²) >= 11 is 0. The van der Waals surface area contributed by atoms with Gasteiger partial charge in [0.2, 0.25) is 0 Å². The summed E-state index contributed by atoms with van der Waals surface area (Å²) in [5.74, 6) is 6.47. The Morgan fingerprint density at radius 2 is 2.39 bits per heavy atom. The summed E-state index contributed by atoms with van der Waals surface area (Å²) in [7, 11) is 0. The SMILES string of the molecule is CC1CCCC1CNC(=O)c1cc(NN)ccn1. The van der Waals surface area contributed by atoms with E-state index in [1.165, 1.54) is 19.3 Å². The highest BCUT2D eigenvalue weighted by Gasteiger charge is 2.23. The maximum atomic E-state index is 11.9. The van der Waals surface area contributed by atoms with Crippen LogP contribution in [0.25, 0.3) is 0 Å². The van der Waals surface area contributed by atoms with Crippen molar-refractivity contribution in [2.45, 2.75) is 26.2 Å². The Labute approximate surface area is 107 Å². The summed E-state index contributed by atoms with van der Waals surface area (Å²) in [6.45, 7) is 2.99. The molecule has 0 aromatic carbocycles. The van der Waals surface area contributed by atoms with Crippen LogP contribution in [-0.2, 0) is 0 Å². The van der Waals surface area contributed by atoms with E-state index in [4.69, 9.17) is 5.84 Å². The van der Waals surface area contributed by atoms with Crippen LogP contribution in [0.4, 0.5) is 5.69 Å². The van der Waals surface area contributed by atoms with Crippen LogP contribution in [0.1, 0.15) is 36.7 Å². The van der Waals surface area contributed by atoms with E-state index in [-0.39, 0.29) is 5.91 Å². The van der Waals surface area contributed by atoms with Gasteiger partial charge in [-0.1, -0.05) is 19.8 Å². The number of nitrogens with two attached hydrogens (primary N) is 1. The normalized spacial score (nSPS) is 22.8. The van der Waals surface area contributed by atoms with E-state index in [0.717, 1.165) is 6.54 Å². The minimum atomic E-state index is -0.133. The molecule has 1 saturated carbocycles. The topological polar surface area (TPSA) is 80.0 Å². The van der Waals surface area contributed by atoms with Gasteiger partial charge in [0, 0.05) is 12.7 Å². The Kier molecular flexibility index (Phi) is 4.15. The number of nitrogen functional groups attached to an aromatic ring is 1. The summed E-state index contributed by atoms with van der Waals surface area (Å²) in [5, 5.41) is 2.95. The van der Waals surface area contributed by atoms with E-state index in [1.807, 2.05) is 0 Å². The van der Waals surface area contributed by atoms with Crippen molar-refractivity contribution in [3.63, 3.8) is 0 Å². The zero-order valence-electron chi connectivity index (χ0n) is 10.6. The standard InChI is InChI=1S/C13H20N4O/c1-9-3-2-4-10(9)8-16-13(18)12-7-11(17-14)5-6-15-12/h5-7,9-10H,2-4,8,14H2,1H3,(H,15,17)(H,16,18). The van der Waals surface area contributed by atoms with Crippen molar-refractivity contribution in [2.75, 3.05) is 12.0 Å². The van der Waals surface area contributed by atoms with Gasteiger partial charge in [0.05, 0.1) is 5.69 Å². The van der Waals surface area contributed by atoms with Gasteiger partial charge in [-0.15, -0.1) is 0 Å². The second kappa shape index (κ2) is 5.82. The van der Waals surface area contributed by atoms with Crippen molar-refractivity contribution < 1.29 is 4.79 Å². The first kappa shape index (κ1) is 12.8. The molecule has 2 rings (SSSR count). The number of carbonyl (C=O) groups excluding carboxylic acids is 1. The molecule has 5 heteroatoms. The molecule has 0 spiro atoms. The van der Waals surface area contributed by atoms with E-state index < -0.39 is 0 Å². The highest BCUT2D eigenvalue weighted by Crippen LogP contribution is 2.30. The Morgan fingerprint density at radius 1 is 1.56 bits per heavy atom. The average molecular weight is 248 g/mol. The minimum absolute atomic E-state index is 0.133. The third-order valence-electron chi connectivity index (χ3n) is 3.72. The summed E-state index contributed by atoms with van der Waals surface area (Å²) in [6.07, 6.45) is 5.32. The van der Waals surface area contributed by atoms with Crippen LogP contribution < -0.4 is 16.6 Å². The van der Waals surface area contributed by atoms with Crippen LogP contribution in [0.2, 0.25) is 0 Å². The summed E-state index contributed by atoms with van der Waals surface area (Å²) in [4.78, 5) is 16.0. The Hall–Kier alpha value is -1.62. The molecule has 0 bridgehead atoms. The minimum Gasteiger partial charge on any atom is -0.350 e. The molecule has 1 fully saturated rings. The molecule has 98 valence electrons. The van der Waals surface area contributed by atoms with Gasteiger partial charge in [-0.25, -0.2) is 0 Å². The second-order valence-electron chi connectivity index (χ2n) is 4.95. The van der Waals surface area contributed by atoms with Gasteiger partial charge < -0.3 is 10.7 Å². The fourth-order valence-electron chi connectivity index (χ4n) is 2.48. The van der Waals surface area contributed by atoms with Gasteiger partial charge in [0.25, 0.3) is 5.91 Å². The lowest BCUT2D eigenvalue weighted by Gasteiger charge is -2.15. The maximum absolute atomic E-state index is 11.9. The first-order chi connectivity index (χ1) is 8.70. The fraction of sp³-hybridized carbons (Fsp3) is 0.538. The van der Waals surface area contributed by atoms with Gasteiger partial charge in [0.1, 0.15) is 5.69 Å². The van der Waals surface area contributed by atoms with Crippen LogP contribution in [0.15, 0.2) is 18.3 Å². The van der Waals surface area contributed by atoms with Crippen LogP contribution in [0, 0.1) is 11.8 Å². The summed E-state index contributed by atoms with van der Waals surface area (Å²) in [6, 6.07) is 3.36. The predicted molar refractivity (Wildman–Crippen MR) is 70.9 cm³/mol. The molecule has 1 aliphatic carbocycles. The van der Waals surface area contributed by atoms with Crippen molar-refractivity contribution in [1.29, 1.82) is 0 Å². The number of nitrogens with one attached hydrogen (secondary N) is 2. The lowest BCUT2D eigenvalue weighted by Crippen LogP contribution is -2.30. The number of hydrogen-bond donors (Lipinski definition) is 3. The van der Waals surface area contributed by atoms with Crippen LogP contribution in [-0.4, -0.2) is 17.4 Å². The van der Waals surface area contributed by atoms with Gasteiger partial charge in [-0.3, -0.25) is 15.6 Å². The highest BCUT2D eigenvalue weighted by molar-refractivity contribution is 5.93. The molecule has 0 saturated heterocycles. The molecule has 18 heavy (non-hydrogen) atoms. The number of carbonyl (C=O) groups is 1. The largest absolute Gasteiger partial charge is 0.350 e. The van der Waals surface area contributed by atoms with Gasteiger partial charge in [-0.05, 0) is 30.4 Å². The average Bonchev–Trinajstić information content (AvgIpc) is 2.81. The quantitative estimate of drug-likeness (QED) is 0.557. The van der Waals surface area contributed by atoms with E-state index in [0.29, 0.717) is 23.2 Å². The number of hydrogen-bond acceptors (Lipinski definition) is 4. The molecule has 1 aromatic heterocycles. The molecule has 5 nitrogen and oxygen atoms in total. The lowest BCUT2D eigenvalue weighted by atomic mass is 9.98. The number of aromatic nitrogens is 1. The molecule has 0 aliphatic heterocycles. The van der Waals surface area contributed by atoms with Crippen molar-refractivity contribution in [1.82, 2.24) is 10.3 Å². The number of nitrogens with zero attached hydrogens (tertiary/aromatic N) is 1. The van der Waals surface area contributed by atoms with E-state index in [2.05, 4.69) is 22.7 Å². The molecule has 4 N–H and O–H groups in total. The monoisotopic (exact) mass is 248 g/mol. The Morgan fingerprint density at radius 3 is 3.06 bits per heavy atom. The third-order valence-corrected chi connectivity index (χ3v) is 3.72. The Balaban J connectivity index is 1.90. The van der Waals surface area contributed by atoms with Crippen LogP contribution >= 0.6 is 0 Å². The van der Waals surface area contributed by atoms with Crippen molar-refractivity contribution in [3.8, 4) is 0 Å². The highest BCUT2D eigenvalue weighted by atomic mass is 16.1. The molecule has 0 radical (unpaired) electrons. The van der Waals surface area contributed by atoms with E-state index >= 15 is 0 Å². The van der Waals surface area contributed by atoms with Gasteiger partial charge >= 0.3 is 0 Å². The zero-order valence-corrected chi connectivity index (χ0v) is 10.6. The summed E-state index contributed by atoms with van der Waals surface area (Å²) < 4.78 is 0. The smallest absolute Gasteiger partial charge is 0.269 e. The summed E-state index contributed by atoms with van der Waals surface area (Å²) in [5.41, 5.74) is 3.59. The second-order valence-corrected chi connectivity index (χ2v) is 4.95. The first-order valence-corrected chi connectivity index (χ1v) is 6.41. The maximum Gasteiger partial charge on any atom is 0.269 e. The third kappa shape index (κ3) is 2.98. The van der Waals surface area contributed by atoms with E-state index in [9.17, 15) is 4.79 Å².